The minimum atomic E-state index is -1.20. The second-order valence-corrected chi connectivity index (χ2v) is 21.8. The van der Waals surface area contributed by atoms with Crippen molar-refractivity contribution in [3.05, 3.63) is 290 Å². The monoisotopic (exact) mass is 1360 g/mol. The molecule has 0 aliphatic carbocycles. The summed E-state index contributed by atoms with van der Waals surface area (Å²) in [5, 5.41) is 2.31. The van der Waals surface area contributed by atoms with E-state index in [0.717, 1.165) is 46.6 Å². The molecule has 0 fully saturated rings. The summed E-state index contributed by atoms with van der Waals surface area (Å²) in [5.74, 6) is -5.26. The fraction of sp³-hybridized carbons (Fsp3) is 0.160. The molecule has 20 nitrogen and oxygen atoms in total. The first-order valence-electron chi connectivity index (χ1n) is 31.7. The topological polar surface area (TPSA) is 247 Å². The molecule has 0 saturated heterocycles. The van der Waals surface area contributed by atoms with Gasteiger partial charge in [0.05, 0.1) is 0 Å². The fourth-order valence-corrected chi connectivity index (χ4v) is 9.54. The van der Waals surface area contributed by atoms with Crippen LogP contribution in [0.5, 0.6) is 23.0 Å². The van der Waals surface area contributed by atoms with Crippen LogP contribution in [0.4, 0.5) is 0 Å². The zero-order valence-corrected chi connectivity index (χ0v) is 54.9. The van der Waals surface area contributed by atoms with Gasteiger partial charge in [0.2, 0.25) is 0 Å². The van der Waals surface area contributed by atoms with Gasteiger partial charge in [-0.1, -0.05) is 172 Å². The van der Waals surface area contributed by atoms with Crippen LogP contribution >= 0.6 is 0 Å². The van der Waals surface area contributed by atoms with Gasteiger partial charge in [0.1, 0.15) is 75.9 Å². The average molecular weight is 1370 g/mol. The second-order valence-electron chi connectivity index (χ2n) is 21.8. The van der Waals surface area contributed by atoms with E-state index in [1.54, 1.807) is 133 Å². The van der Waals surface area contributed by atoms with E-state index >= 15 is 0 Å². The highest BCUT2D eigenvalue weighted by atomic mass is 16.6. The van der Waals surface area contributed by atoms with Crippen molar-refractivity contribution in [2.75, 3.05) is 52.9 Å². The molecule has 101 heavy (non-hydrogen) atoms. The molecule has 0 bridgehead atoms. The van der Waals surface area contributed by atoms with Crippen LogP contribution in [0.15, 0.2) is 257 Å². The quantitative estimate of drug-likeness (QED) is 0.0198. The Kier molecular flexibility index (Phi) is 28.8. The maximum absolute atomic E-state index is 13.1. The molecule has 0 aliphatic heterocycles. The lowest BCUT2D eigenvalue weighted by atomic mass is 9.93. The standard InChI is InChI=1S/C81H72O20/c1-5-74(82)98-64(52-94-78(86)41-29-56-21-13-9-14-22-56)48-90-62-37-33-60-35-39-72(92-50-66(100-76(84)7-3)54-96-80(88)43-31-58-25-17-11-18-26-58)70(68(60)45-62)47-71-69-46-63(91-49-65(99-75(83)6-2)53-95-79(87)42-30-57-23-15-10-16-24-57)38-34-61(69)36-40-73(71)93-51-67(101-77(85)8-4)55-97-81(89)44-32-59-27-19-12-20-28-59/h5-46,64-67H,1-4,47-55H2/b41-29+,42-30+,43-31+,44-32+. The van der Waals surface area contributed by atoms with E-state index in [4.69, 9.17) is 56.8 Å². The van der Waals surface area contributed by atoms with E-state index in [9.17, 15) is 38.4 Å². The number of hydrogen-bond donors (Lipinski definition) is 0. The van der Waals surface area contributed by atoms with Crippen LogP contribution in [0.25, 0.3) is 45.8 Å². The highest BCUT2D eigenvalue weighted by Crippen LogP contribution is 2.39. The van der Waals surface area contributed by atoms with E-state index in [0.29, 0.717) is 32.7 Å². The number of esters is 8. The number of rotatable bonds is 38. The highest BCUT2D eigenvalue weighted by molar-refractivity contribution is 5.94. The SMILES string of the molecule is C=CC(=O)OC(COC(=O)/C=C/c1ccccc1)COc1ccc2ccc(OCC(COC(=O)/C=C/c3ccccc3)OC(=O)C=C)c(Cc3c(OCC(COC(=O)/C=C/c4ccccc4)OC(=O)C=C)ccc4ccc(OCC(COC(=O)/C=C/c5ccccc5)OC(=O)C=C)cc34)c2c1. The molecular formula is C81H72O20. The summed E-state index contributed by atoms with van der Waals surface area (Å²) in [7, 11) is 0. The van der Waals surface area contributed by atoms with E-state index in [2.05, 4.69) is 26.3 Å². The summed E-state index contributed by atoms with van der Waals surface area (Å²) in [6, 6.07) is 53.4. The summed E-state index contributed by atoms with van der Waals surface area (Å²) in [4.78, 5) is 103. The fourth-order valence-electron chi connectivity index (χ4n) is 9.54. The first kappa shape index (κ1) is 74.0. The average Bonchev–Trinajstić information content (AvgIpc) is 0.772. The Bertz CT molecular complexity index is 4040. The summed E-state index contributed by atoms with van der Waals surface area (Å²) in [5.41, 5.74) is 3.88. The summed E-state index contributed by atoms with van der Waals surface area (Å²) < 4.78 is 70.6. The van der Waals surface area contributed by atoms with Crippen LogP contribution in [0.1, 0.15) is 33.4 Å². The number of fused-ring (bicyclic) bond motifs is 2. The number of hydrogen-bond acceptors (Lipinski definition) is 20. The Balaban J connectivity index is 1.18. The molecule has 0 saturated carbocycles. The van der Waals surface area contributed by atoms with Gasteiger partial charge in [0.15, 0.2) is 24.4 Å². The van der Waals surface area contributed by atoms with Gasteiger partial charge >= 0.3 is 47.8 Å². The number of ether oxygens (including phenoxy) is 12. The van der Waals surface area contributed by atoms with Crippen LogP contribution in [0.2, 0.25) is 0 Å². The van der Waals surface area contributed by atoms with E-state index < -0.39 is 98.6 Å². The minimum absolute atomic E-state index is 0.0863. The van der Waals surface area contributed by atoms with Gasteiger partial charge in [-0.25, -0.2) is 38.4 Å². The van der Waals surface area contributed by atoms with Crippen LogP contribution in [-0.2, 0) is 82.7 Å². The van der Waals surface area contributed by atoms with Crippen molar-refractivity contribution in [3.63, 3.8) is 0 Å². The molecule has 0 N–H and O–H groups in total. The Hall–Kier alpha value is -12.8. The van der Waals surface area contributed by atoms with Crippen molar-refractivity contribution < 1.29 is 95.2 Å². The first-order chi connectivity index (χ1) is 49.1. The molecule has 8 aromatic rings. The molecule has 516 valence electrons. The number of benzene rings is 8. The Morgan fingerprint density at radius 2 is 0.554 bits per heavy atom. The van der Waals surface area contributed by atoms with E-state index in [1.165, 1.54) is 24.3 Å². The highest BCUT2D eigenvalue weighted by Gasteiger charge is 2.25. The van der Waals surface area contributed by atoms with Crippen molar-refractivity contribution >= 4 is 93.6 Å². The molecule has 0 aromatic heterocycles. The van der Waals surface area contributed by atoms with Crippen LogP contribution < -0.4 is 18.9 Å². The van der Waals surface area contributed by atoms with Crippen LogP contribution in [0, 0.1) is 0 Å². The molecule has 8 aromatic carbocycles. The summed E-state index contributed by atoms with van der Waals surface area (Å²) in [6.45, 7) is 11.0. The van der Waals surface area contributed by atoms with Crippen molar-refractivity contribution in [1.29, 1.82) is 0 Å². The van der Waals surface area contributed by atoms with Gasteiger partial charge < -0.3 is 56.8 Å². The third kappa shape index (κ3) is 25.0. The smallest absolute Gasteiger partial charge is 0.330 e. The second kappa shape index (κ2) is 39.4. The van der Waals surface area contributed by atoms with Crippen LogP contribution in [0.3, 0.4) is 0 Å². The molecule has 0 spiro atoms. The molecule has 8 rings (SSSR count). The molecule has 4 atom stereocenters. The normalized spacial score (nSPS) is 12.3. The van der Waals surface area contributed by atoms with Crippen LogP contribution in [-0.4, -0.2) is 125 Å². The Morgan fingerprint density at radius 3 is 0.822 bits per heavy atom. The maximum atomic E-state index is 13.1. The summed E-state index contributed by atoms with van der Waals surface area (Å²) >= 11 is 0. The van der Waals surface area contributed by atoms with Crippen molar-refractivity contribution in [1.82, 2.24) is 0 Å². The minimum Gasteiger partial charge on any atom is -0.490 e. The predicted molar refractivity (Wildman–Crippen MR) is 379 cm³/mol. The van der Waals surface area contributed by atoms with Crippen molar-refractivity contribution in [2.45, 2.75) is 30.8 Å². The van der Waals surface area contributed by atoms with Gasteiger partial charge in [-0.3, -0.25) is 0 Å². The largest absolute Gasteiger partial charge is 0.490 e. The van der Waals surface area contributed by atoms with Gasteiger partial charge in [0, 0.05) is 66.2 Å². The van der Waals surface area contributed by atoms with Gasteiger partial charge in [0.25, 0.3) is 0 Å². The lowest BCUT2D eigenvalue weighted by Gasteiger charge is -2.23. The summed E-state index contributed by atoms with van der Waals surface area (Å²) in [6.07, 6.45) is 10.3. The molecule has 0 radical (unpaired) electrons. The lowest BCUT2D eigenvalue weighted by Crippen LogP contribution is -2.30. The molecular weight excluding hydrogens is 1290 g/mol. The number of carbonyl (C=O) groups excluding carboxylic acids is 8. The van der Waals surface area contributed by atoms with E-state index in [-0.39, 0.29) is 55.8 Å². The molecule has 0 amide bonds. The zero-order chi connectivity index (χ0) is 71.6. The van der Waals surface area contributed by atoms with Gasteiger partial charge in [-0.2, -0.15) is 0 Å². The predicted octanol–water partition coefficient (Wildman–Crippen LogP) is 12.5. The molecule has 20 heteroatoms. The van der Waals surface area contributed by atoms with Gasteiger partial charge in [-0.05, 0) is 105 Å². The zero-order valence-electron chi connectivity index (χ0n) is 54.9. The molecule has 4 unspecified atom stereocenters. The van der Waals surface area contributed by atoms with Crippen molar-refractivity contribution in [3.8, 4) is 23.0 Å². The Morgan fingerprint density at radius 1 is 0.297 bits per heavy atom. The molecule has 0 heterocycles. The third-order valence-corrected chi connectivity index (χ3v) is 14.5. The van der Waals surface area contributed by atoms with E-state index in [1.807, 2.05) is 72.8 Å². The third-order valence-electron chi connectivity index (χ3n) is 14.5. The van der Waals surface area contributed by atoms with Crippen molar-refractivity contribution in [2.24, 2.45) is 0 Å². The number of carbonyl (C=O) groups is 8. The Labute approximate surface area is 583 Å². The maximum Gasteiger partial charge on any atom is 0.330 e. The lowest BCUT2D eigenvalue weighted by molar-refractivity contribution is -0.154. The molecule has 0 aliphatic rings. The van der Waals surface area contributed by atoms with Gasteiger partial charge in [-0.15, -0.1) is 0 Å². The first-order valence-corrected chi connectivity index (χ1v) is 31.7.